The number of hydrogen-bond donors (Lipinski definition) is 2. The molecule has 1 saturated heterocycles. The number of nitrogens with one attached hydrogen (secondary N) is 2. The molecule has 1 aliphatic heterocycles. The largest absolute Gasteiger partial charge is 0.472 e. The van der Waals surface area contributed by atoms with Crippen LogP contribution < -0.4 is 16.6 Å². The molecule has 25 heavy (non-hydrogen) atoms. The molecule has 0 atom stereocenters. The van der Waals surface area contributed by atoms with Gasteiger partial charge in [-0.25, -0.2) is 4.79 Å². The van der Waals surface area contributed by atoms with E-state index in [4.69, 9.17) is 4.42 Å². The molecule has 1 fully saturated rings. The second-order valence-electron chi connectivity index (χ2n) is 5.88. The van der Waals surface area contributed by atoms with Crippen molar-refractivity contribution in [3.05, 3.63) is 57.3 Å². The molecular formula is C16H18N4O5. The molecule has 0 spiro atoms. The van der Waals surface area contributed by atoms with Crippen LogP contribution in [0.5, 0.6) is 0 Å². The molecule has 0 bridgehead atoms. The lowest BCUT2D eigenvalue weighted by molar-refractivity contribution is -0.122. The first-order chi connectivity index (χ1) is 12.0. The molecule has 9 heteroatoms. The Morgan fingerprint density at radius 3 is 2.64 bits per heavy atom. The van der Waals surface area contributed by atoms with Gasteiger partial charge in [-0.05, 0) is 18.9 Å². The van der Waals surface area contributed by atoms with Crippen LogP contribution >= 0.6 is 0 Å². The van der Waals surface area contributed by atoms with Gasteiger partial charge < -0.3 is 14.6 Å². The fraction of sp³-hybridized carbons (Fsp3) is 0.375. The summed E-state index contributed by atoms with van der Waals surface area (Å²) in [5, 5.41) is 2.86. The average Bonchev–Trinajstić information content (AvgIpc) is 3.12. The zero-order valence-electron chi connectivity index (χ0n) is 13.4. The van der Waals surface area contributed by atoms with Gasteiger partial charge in [0.25, 0.3) is 11.5 Å². The highest BCUT2D eigenvalue weighted by Gasteiger charge is 2.25. The number of carbonyl (C=O) groups excluding carboxylic acids is 2. The Hall–Kier alpha value is -3.10. The fourth-order valence-electron chi connectivity index (χ4n) is 2.79. The van der Waals surface area contributed by atoms with Gasteiger partial charge in [0.2, 0.25) is 5.91 Å². The van der Waals surface area contributed by atoms with Crippen LogP contribution in [-0.4, -0.2) is 45.4 Å². The van der Waals surface area contributed by atoms with E-state index in [-0.39, 0.29) is 24.4 Å². The van der Waals surface area contributed by atoms with Crippen LogP contribution in [0.2, 0.25) is 0 Å². The van der Waals surface area contributed by atoms with Crippen LogP contribution in [0.3, 0.4) is 0 Å². The number of rotatable bonds is 4. The van der Waals surface area contributed by atoms with Gasteiger partial charge in [0.15, 0.2) is 0 Å². The lowest BCUT2D eigenvalue weighted by Gasteiger charge is -2.32. The van der Waals surface area contributed by atoms with E-state index in [9.17, 15) is 19.2 Å². The number of furan rings is 1. The van der Waals surface area contributed by atoms with Crippen LogP contribution in [0.15, 0.2) is 44.9 Å². The van der Waals surface area contributed by atoms with Gasteiger partial charge in [0.05, 0.1) is 11.8 Å². The minimum Gasteiger partial charge on any atom is -0.472 e. The van der Waals surface area contributed by atoms with E-state index in [1.54, 1.807) is 11.0 Å². The molecule has 0 radical (unpaired) electrons. The molecule has 9 nitrogen and oxygen atoms in total. The van der Waals surface area contributed by atoms with Crippen LogP contribution in [0.25, 0.3) is 0 Å². The summed E-state index contributed by atoms with van der Waals surface area (Å²) in [7, 11) is 0. The number of amides is 2. The van der Waals surface area contributed by atoms with Gasteiger partial charge in [-0.3, -0.25) is 23.9 Å². The topological polar surface area (TPSA) is 117 Å². The van der Waals surface area contributed by atoms with Crippen molar-refractivity contribution in [3.63, 3.8) is 0 Å². The summed E-state index contributed by atoms with van der Waals surface area (Å²) in [6.45, 7) is 0.908. The molecule has 0 saturated carbocycles. The normalized spacial score (nSPS) is 15.1. The number of aromatic nitrogens is 2. The molecule has 2 aromatic rings. The molecule has 0 aromatic carbocycles. The van der Waals surface area contributed by atoms with Gasteiger partial charge in [-0.15, -0.1) is 0 Å². The first kappa shape index (κ1) is 16.7. The van der Waals surface area contributed by atoms with Crippen LogP contribution in [-0.2, 0) is 11.3 Å². The molecule has 3 rings (SSSR count). The molecule has 132 valence electrons. The third-order valence-corrected chi connectivity index (χ3v) is 4.13. The SMILES string of the molecule is O=C(Cn1ccc(=O)[nH]c1=O)NC1CCN(C(=O)c2ccoc2)CC1. The monoisotopic (exact) mass is 346 g/mol. The van der Waals surface area contributed by atoms with Crippen molar-refractivity contribution >= 4 is 11.8 Å². The maximum absolute atomic E-state index is 12.2. The Kier molecular flexibility index (Phi) is 4.82. The zero-order chi connectivity index (χ0) is 17.8. The lowest BCUT2D eigenvalue weighted by Crippen LogP contribution is -2.47. The highest BCUT2D eigenvalue weighted by Crippen LogP contribution is 2.14. The second kappa shape index (κ2) is 7.20. The van der Waals surface area contributed by atoms with E-state index in [2.05, 4.69) is 10.3 Å². The van der Waals surface area contributed by atoms with Crippen molar-refractivity contribution in [1.82, 2.24) is 19.8 Å². The Labute approximate surface area is 142 Å². The minimum atomic E-state index is -0.622. The molecule has 2 N–H and O–H groups in total. The molecule has 0 aliphatic carbocycles. The summed E-state index contributed by atoms with van der Waals surface area (Å²) in [6.07, 6.45) is 5.43. The summed E-state index contributed by atoms with van der Waals surface area (Å²) in [6, 6.07) is 2.76. The number of H-pyrrole nitrogens is 1. The Morgan fingerprint density at radius 2 is 2.00 bits per heavy atom. The third kappa shape index (κ3) is 4.06. The first-order valence-electron chi connectivity index (χ1n) is 7.93. The third-order valence-electron chi connectivity index (χ3n) is 4.13. The maximum atomic E-state index is 12.2. The lowest BCUT2D eigenvalue weighted by atomic mass is 10.0. The number of hydrogen-bond acceptors (Lipinski definition) is 5. The van der Waals surface area contributed by atoms with E-state index < -0.39 is 11.2 Å². The number of nitrogens with zero attached hydrogens (tertiary/aromatic N) is 2. The van der Waals surface area contributed by atoms with E-state index in [0.29, 0.717) is 31.5 Å². The van der Waals surface area contributed by atoms with Crippen molar-refractivity contribution in [1.29, 1.82) is 0 Å². The minimum absolute atomic E-state index is 0.0561. The van der Waals surface area contributed by atoms with E-state index in [1.165, 1.54) is 24.8 Å². The number of likely N-dealkylation sites (tertiary alicyclic amines) is 1. The number of carbonyl (C=O) groups is 2. The van der Waals surface area contributed by atoms with Crippen molar-refractivity contribution in [2.45, 2.75) is 25.4 Å². The van der Waals surface area contributed by atoms with Crippen LogP contribution in [0.1, 0.15) is 23.2 Å². The zero-order valence-corrected chi connectivity index (χ0v) is 13.4. The predicted molar refractivity (Wildman–Crippen MR) is 87.1 cm³/mol. The molecular weight excluding hydrogens is 328 g/mol. The van der Waals surface area contributed by atoms with E-state index in [0.717, 1.165) is 4.57 Å². The van der Waals surface area contributed by atoms with E-state index >= 15 is 0 Å². The molecule has 0 unspecified atom stereocenters. The van der Waals surface area contributed by atoms with Crippen molar-refractivity contribution in [3.8, 4) is 0 Å². The van der Waals surface area contributed by atoms with Gasteiger partial charge in [-0.1, -0.05) is 0 Å². The molecule has 3 heterocycles. The fourth-order valence-corrected chi connectivity index (χ4v) is 2.79. The molecule has 2 amide bonds. The summed E-state index contributed by atoms with van der Waals surface area (Å²) in [4.78, 5) is 50.7. The summed E-state index contributed by atoms with van der Waals surface area (Å²) >= 11 is 0. The Balaban J connectivity index is 1.50. The van der Waals surface area contributed by atoms with Gasteiger partial charge in [0.1, 0.15) is 12.8 Å². The van der Waals surface area contributed by atoms with Crippen molar-refractivity contribution in [2.75, 3.05) is 13.1 Å². The summed E-state index contributed by atoms with van der Waals surface area (Å²) in [5.74, 6) is -0.396. The van der Waals surface area contributed by atoms with Gasteiger partial charge in [0, 0.05) is 31.4 Å². The number of aromatic amines is 1. The van der Waals surface area contributed by atoms with Gasteiger partial charge >= 0.3 is 5.69 Å². The average molecular weight is 346 g/mol. The summed E-state index contributed by atoms with van der Waals surface area (Å²) in [5.41, 5.74) is -0.612. The second-order valence-corrected chi connectivity index (χ2v) is 5.88. The van der Waals surface area contributed by atoms with Crippen molar-refractivity contribution < 1.29 is 14.0 Å². The highest BCUT2D eigenvalue weighted by molar-refractivity contribution is 5.93. The molecule has 1 aliphatic rings. The highest BCUT2D eigenvalue weighted by atomic mass is 16.3. The smallest absolute Gasteiger partial charge is 0.328 e. The predicted octanol–water partition coefficient (Wildman–Crippen LogP) is -0.449. The number of piperidine rings is 1. The standard InChI is InChI=1S/C16H18N4O5/c21-13-3-7-20(16(24)18-13)9-14(22)17-12-1-5-19(6-2-12)15(23)11-4-8-25-10-11/h3-4,7-8,10,12H,1-2,5-6,9H2,(H,17,22)(H,18,21,24). The molecule has 2 aromatic heterocycles. The van der Waals surface area contributed by atoms with E-state index in [1.807, 2.05) is 0 Å². The quantitative estimate of drug-likeness (QED) is 0.778. The van der Waals surface area contributed by atoms with Gasteiger partial charge in [-0.2, -0.15) is 0 Å². The maximum Gasteiger partial charge on any atom is 0.328 e. The first-order valence-corrected chi connectivity index (χ1v) is 7.93. The van der Waals surface area contributed by atoms with Crippen LogP contribution in [0, 0.1) is 0 Å². The Morgan fingerprint density at radius 1 is 1.24 bits per heavy atom. The van der Waals surface area contributed by atoms with Crippen molar-refractivity contribution in [2.24, 2.45) is 0 Å². The summed E-state index contributed by atoms with van der Waals surface area (Å²) < 4.78 is 6.05. The Bertz CT molecular complexity index is 859. The van der Waals surface area contributed by atoms with Crippen LogP contribution in [0.4, 0.5) is 0 Å².